The van der Waals surface area contributed by atoms with Gasteiger partial charge in [-0.2, -0.15) is 0 Å². The highest BCUT2D eigenvalue weighted by molar-refractivity contribution is 7.09. The summed E-state index contributed by atoms with van der Waals surface area (Å²) < 4.78 is 0. The fourth-order valence-electron chi connectivity index (χ4n) is 1.24. The number of hydrogen-bond acceptors (Lipinski definition) is 4. The van der Waals surface area contributed by atoms with Gasteiger partial charge < -0.3 is 10.6 Å². The lowest BCUT2D eigenvalue weighted by Gasteiger charge is -2.22. The van der Waals surface area contributed by atoms with Crippen LogP contribution in [0.4, 0.5) is 0 Å². The van der Waals surface area contributed by atoms with Gasteiger partial charge in [-0.1, -0.05) is 0 Å². The predicted molar refractivity (Wildman–Crippen MR) is 61.7 cm³/mol. The predicted octanol–water partition coefficient (Wildman–Crippen LogP) is 1.00. The zero-order valence-electron chi connectivity index (χ0n) is 9.33. The first kappa shape index (κ1) is 12.1. The third kappa shape index (κ3) is 3.60. The van der Waals surface area contributed by atoms with Crippen LogP contribution in [0.25, 0.3) is 0 Å². The summed E-state index contributed by atoms with van der Waals surface area (Å²) in [6.07, 6.45) is 1.78. The first-order valence-electron chi connectivity index (χ1n) is 4.87. The van der Waals surface area contributed by atoms with E-state index in [1.54, 1.807) is 24.6 Å². The van der Waals surface area contributed by atoms with E-state index in [1.165, 1.54) is 0 Å². The first-order chi connectivity index (χ1) is 7.06. The number of carbonyl (C=O) groups is 1. The molecule has 84 valence electrons. The molecular weight excluding hydrogens is 210 g/mol. The van der Waals surface area contributed by atoms with Crippen molar-refractivity contribution < 1.29 is 4.79 Å². The Kier molecular flexibility index (Phi) is 4.23. The van der Waals surface area contributed by atoms with Crippen LogP contribution in [-0.4, -0.2) is 24.5 Å². The van der Waals surface area contributed by atoms with Crippen LogP contribution >= 0.6 is 11.3 Å². The molecule has 0 saturated carbocycles. The smallest absolute Gasteiger partial charge is 0.226 e. The summed E-state index contributed by atoms with van der Waals surface area (Å²) in [7, 11) is 1.66. The van der Waals surface area contributed by atoms with Gasteiger partial charge in [0.25, 0.3) is 0 Å². The first-order valence-corrected chi connectivity index (χ1v) is 5.75. The van der Waals surface area contributed by atoms with E-state index < -0.39 is 0 Å². The molecule has 0 spiro atoms. The van der Waals surface area contributed by atoms with Gasteiger partial charge >= 0.3 is 0 Å². The number of nitrogens with one attached hydrogen (secondary N) is 2. The molecule has 1 aromatic rings. The topological polar surface area (TPSA) is 54.0 Å². The minimum Gasteiger partial charge on any atom is -0.359 e. The van der Waals surface area contributed by atoms with E-state index in [0.717, 1.165) is 11.6 Å². The number of amides is 1. The average Bonchev–Trinajstić information content (AvgIpc) is 2.69. The van der Waals surface area contributed by atoms with Crippen LogP contribution in [0.15, 0.2) is 11.6 Å². The molecule has 0 saturated heterocycles. The van der Waals surface area contributed by atoms with Gasteiger partial charge in [-0.3, -0.25) is 4.79 Å². The van der Waals surface area contributed by atoms with Crippen LogP contribution in [0.3, 0.4) is 0 Å². The molecule has 0 atom stereocenters. The molecule has 0 fully saturated rings. The van der Waals surface area contributed by atoms with E-state index in [9.17, 15) is 4.79 Å². The highest BCUT2D eigenvalue weighted by atomic mass is 32.1. The lowest BCUT2D eigenvalue weighted by Crippen LogP contribution is -2.41. The summed E-state index contributed by atoms with van der Waals surface area (Å²) in [5.74, 6) is 0.0501. The molecule has 4 nitrogen and oxygen atoms in total. The molecule has 0 aliphatic rings. The van der Waals surface area contributed by atoms with Gasteiger partial charge in [0, 0.05) is 31.7 Å². The third-order valence-electron chi connectivity index (χ3n) is 2.17. The van der Waals surface area contributed by atoms with Crippen LogP contribution in [0.2, 0.25) is 0 Å². The number of nitrogens with zero attached hydrogens (tertiary/aromatic N) is 1. The van der Waals surface area contributed by atoms with E-state index in [4.69, 9.17) is 0 Å². The monoisotopic (exact) mass is 227 g/mol. The van der Waals surface area contributed by atoms with Crippen LogP contribution < -0.4 is 10.6 Å². The molecule has 1 amide bonds. The summed E-state index contributed by atoms with van der Waals surface area (Å²) >= 11 is 1.61. The van der Waals surface area contributed by atoms with Gasteiger partial charge in [-0.25, -0.2) is 4.98 Å². The van der Waals surface area contributed by atoms with E-state index in [0.29, 0.717) is 6.54 Å². The summed E-state index contributed by atoms with van der Waals surface area (Å²) in [4.78, 5) is 15.6. The molecular formula is C10H17N3OS. The van der Waals surface area contributed by atoms with Gasteiger partial charge in [0.15, 0.2) is 0 Å². The van der Waals surface area contributed by atoms with Crippen molar-refractivity contribution in [1.29, 1.82) is 0 Å². The van der Waals surface area contributed by atoms with Crippen molar-refractivity contribution in [3.8, 4) is 0 Å². The quantitative estimate of drug-likeness (QED) is 0.789. The Balaban J connectivity index is 2.33. The van der Waals surface area contributed by atoms with E-state index in [1.807, 2.05) is 19.2 Å². The molecule has 0 aliphatic heterocycles. The van der Waals surface area contributed by atoms with Crippen molar-refractivity contribution in [2.75, 3.05) is 13.6 Å². The lowest BCUT2D eigenvalue weighted by atomic mass is 9.92. The number of thiazole rings is 1. The average molecular weight is 227 g/mol. The van der Waals surface area contributed by atoms with Gasteiger partial charge in [-0.05, 0) is 13.8 Å². The molecule has 0 bridgehead atoms. The molecule has 0 aliphatic carbocycles. The summed E-state index contributed by atoms with van der Waals surface area (Å²) in [5.41, 5.74) is -0.383. The van der Waals surface area contributed by atoms with Gasteiger partial charge in [-0.15, -0.1) is 11.3 Å². The zero-order valence-corrected chi connectivity index (χ0v) is 10.1. The second kappa shape index (κ2) is 5.23. The van der Waals surface area contributed by atoms with Crippen molar-refractivity contribution in [3.63, 3.8) is 0 Å². The molecule has 5 heteroatoms. The summed E-state index contributed by atoms with van der Waals surface area (Å²) in [6, 6.07) is 0. The van der Waals surface area contributed by atoms with Crippen molar-refractivity contribution >= 4 is 17.2 Å². The number of rotatable bonds is 5. The molecule has 1 rings (SSSR count). The molecule has 15 heavy (non-hydrogen) atoms. The van der Waals surface area contributed by atoms with Crippen LogP contribution in [-0.2, 0) is 11.3 Å². The Morgan fingerprint density at radius 1 is 1.60 bits per heavy atom. The molecule has 1 heterocycles. The van der Waals surface area contributed by atoms with Crippen molar-refractivity contribution in [2.24, 2.45) is 5.41 Å². The highest BCUT2D eigenvalue weighted by Crippen LogP contribution is 2.13. The Labute approximate surface area is 94.1 Å². The summed E-state index contributed by atoms with van der Waals surface area (Å²) in [6.45, 7) is 5.20. The number of carbonyl (C=O) groups excluding carboxylic acids is 1. The zero-order chi connectivity index (χ0) is 11.3. The third-order valence-corrected chi connectivity index (χ3v) is 2.95. The maximum atomic E-state index is 11.5. The highest BCUT2D eigenvalue weighted by Gasteiger charge is 2.25. The van der Waals surface area contributed by atoms with Crippen molar-refractivity contribution in [1.82, 2.24) is 15.6 Å². The fraction of sp³-hybridized carbons (Fsp3) is 0.600. The second-order valence-electron chi connectivity index (χ2n) is 3.99. The van der Waals surface area contributed by atoms with Gasteiger partial charge in [0.1, 0.15) is 5.01 Å². The van der Waals surface area contributed by atoms with Gasteiger partial charge in [0.05, 0.1) is 5.41 Å². The maximum absolute atomic E-state index is 11.5. The van der Waals surface area contributed by atoms with E-state index in [-0.39, 0.29) is 11.3 Å². The van der Waals surface area contributed by atoms with Gasteiger partial charge in [0.2, 0.25) is 5.91 Å². The van der Waals surface area contributed by atoms with Crippen LogP contribution in [0.1, 0.15) is 18.9 Å². The maximum Gasteiger partial charge on any atom is 0.226 e. The molecule has 0 radical (unpaired) electrons. The normalized spacial score (nSPS) is 11.4. The Morgan fingerprint density at radius 2 is 2.33 bits per heavy atom. The standard InChI is InChI=1S/C10H17N3OS/c1-10(2,9(14)11-3)7-12-6-8-13-4-5-15-8/h4-5,12H,6-7H2,1-3H3,(H,11,14). The largest absolute Gasteiger partial charge is 0.359 e. The second-order valence-corrected chi connectivity index (χ2v) is 4.97. The molecule has 1 aromatic heterocycles. The van der Waals surface area contributed by atoms with E-state index >= 15 is 0 Å². The van der Waals surface area contributed by atoms with E-state index in [2.05, 4.69) is 15.6 Å². The minimum absolute atomic E-state index is 0.0501. The molecule has 0 unspecified atom stereocenters. The van der Waals surface area contributed by atoms with Crippen molar-refractivity contribution in [2.45, 2.75) is 20.4 Å². The number of hydrogen-bond donors (Lipinski definition) is 2. The van der Waals surface area contributed by atoms with Crippen LogP contribution in [0, 0.1) is 5.41 Å². The molecule has 0 aromatic carbocycles. The van der Waals surface area contributed by atoms with Crippen molar-refractivity contribution in [3.05, 3.63) is 16.6 Å². The van der Waals surface area contributed by atoms with Crippen LogP contribution in [0.5, 0.6) is 0 Å². The SMILES string of the molecule is CNC(=O)C(C)(C)CNCc1nccs1. The Hall–Kier alpha value is -0.940. The minimum atomic E-state index is -0.383. The fourth-order valence-corrected chi connectivity index (χ4v) is 1.83. The summed E-state index contributed by atoms with van der Waals surface area (Å²) in [5, 5.41) is 8.88. The number of aromatic nitrogens is 1. The lowest BCUT2D eigenvalue weighted by molar-refractivity contribution is -0.128. The Morgan fingerprint density at radius 3 is 2.87 bits per heavy atom. The molecule has 2 N–H and O–H groups in total. The Bertz CT molecular complexity index is 308.